The van der Waals surface area contributed by atoms with Crippen LogP contribution in [0.5, 0.6) is 0 Å². The van der Waals surface area contributed by atoms with E-state index >= 15 is 0 Å². The van der Waals surface area contributed by atoms with Crippen LogP contribution in [0.3, 0.4) is 0 Å². The van der Waals surface area contributed by atoms with Crippen molar-refractivity contribution < 1.29 is 0 Å². The number of hydrogen-bond donors (Lipinski definition) is 0. The standard InChI is InChI=1S/C11H15BrS/c1-9-5-11(6-9,8-12)7-10-3-2-4-13-10/h2-4,9H,5-8H2,1H3. The van der Waals surface area contributed by atoms with Gasteiger partial charge in [-0.2, -0.15) is 0 Å². The fourth-order valence-corrected chi connectivity index (χ4v) is 4.04. The summed E-state index contributed by atoms with van der Waals surface area (Å²) in [5.41, 5.74) is 0.588. The van der Waals surface area contributed by atoms with Crippen LogP contribution in [0.4, 0.5) is 0 Å². The second-order valence-corrected chi connectivity index (χ2v) is 6.00. The summed E-state index contributed by atoms with van der Waals surface area (Å²) in [4.78, 5) is 1.55. The maximum Gasteiger partial charge on any atom is 0.00916 e. The summed E-state index contributed by atoms with van der Waals surface area (Å²) < 4.78 is 0. The number of halogens is 1. The Hall–Kier alpha value is 0.180. The summed E-state index contributed by atoms with van der Waals surface area (Å²) in [6.45, 7) is 2.36. The van der Waals surface area contributed by atoms with Crippen LogP contribution in [-0.2, 0) is 6.42 Å². The molecule has 0 saturated heterocycles. The van der Waals surface area contributed by atoms with Gasteiger partial charge in [-0.25, -0.2) is 0 Å². The normalized spacial score (nSPS) is 32.9. The van der Waals surface area contributed by atoms with Crippen LogP contribution in [0.1, 0.15) is 24.6 Å². The maximum absolute atomic E-state index is 3.66. The van der Waals surface area contributed by atoms with Gasteiger partial charge in [-0.3, -0.25) is 0 Å². The Balaban J connectivity index is 2.00. The van der Waals surface area contributed by atoms with Gasteiger partial charge in [0, 0.05) is 10.2 Å². The minimum atomic E-state index is 0.588. The molecule has 0 unspecified atom stereocenters. The molecule has 0 bridgehead atoms. The Morgan fingerprint density at radius 2 is 2.38 bits per heavy atom. The molecular formula is C11H15BrS. The van der Waals surface area contributed by atoms with Gasteiger partial charge in [0.2, 0.25) is 0 Å². The molecule has 1 heterocycles. The fraction of sp³-hybridized carbons (Fsp3) is 0.636. The molecule has 0 N–H and O–H groups in total. The highest BCUT2D eigenvalue weighted by atomic mass is 79.9. The van der Waals surface area contributed by atoms with Crippen molar-refractivity contribution in [3.63, 3.8) is 0 Å². The van der Waals surface area contributed by atoms with Crippen molar-refractivity contribution in [1.29, 1.82) is 0 Å². The van der Waals surface area contributed by atoms with Crippen molar-refractivity contribution in [3.8, 4) is 0 Å². The number of alkyl halides is 1. The van der Waals surface area contributed by atoms with E-state index in [1.807, 2.05) is 11.3 Å². The van der Waals surface area contributed by atoms with E-state index in [2.05, 4.69) is 40.4 Å². The van der Waals surface area contributed by atoms with E-state index in [0.29, 0.717) is 5.41 Å². The first-order valence-corrected chi connectivity index (χ1v) is 6.83. The number of thiophene rings is 1. The van der Waals surface area contributed by atoms with Gasteiger partial charge >= 0.3 is 0 Å². The molecule has 1 aromatic rings. The highest BCUT2D eigenvalue weighted by Gasteiger charge is 2.40. The Morgan fingerprint density at radius 3 is 2.85 bits per heavy atom. The van der Waals surface area contributed by atoms with Crippen molar-refractivity contribution in [1.82, 2.24) is 0 Å². The molecule has 2 rings (SSSR count). The first-order chi connectivity index (χ1) is 6.24. The summed E-state index contributed by atoms with van der Waals surface area (Å²) in [6.07, 6.45) is 4.08. The average Bonchev–Trinajstić information content (AvgIpc) is 2.53. The van der Waals surface area contributed by atoms with E-state index < -0.39 is 0 Å². The minimum Gasteiger partial charge on any atom is -0.149 e. The summed E-state index contributed by atoms with van der Waals surface area (Å²) in [5.74, 6) is 0.942. The third-order valence-corrected chi connectivity index (χ3v) is 5.04. The molecule has 0 radical (unpaired) electrons. The quantitative estimate of drug-likeness (QED) is 0.717. The Kier molecular flexibility index (Phi) is 2.80. The second-order valence-electron chi connectivity index (χ2n) is 4.40. The highest BCUT2D eigenvalue weighted by Crippen LogP contribution is 2.49. The molecule has 1 fully saturated rings. The van der Waals surface area contributed by atoms with Crippen LogP contribution in [0.25, 0.3) is 0 Å². The van der Waals surface area contributed by atoms with E-state index in [-0.39, 0.29) is 0 Å². The summed E-state index contributed by atoms with van der Waals surface area (Å²) in [7, 11) is 0. The molecule has 1 aromatic heterocycles. The van der Waals surface area contributed by atoms with Gasteiger partial charge in [0.05, 0.1) is 0 Å². The van der Waals surface area contributed by atoms with E-state index in [4.69, 9.17) is 0 Å². The summed E-state index contributed by atoms with van der Waals surface area (Å²) >= 11 is 5.56. The molecule has 0 aromatic carbocycles. The molecule has 13 heavy (non-hydrogen) atoms. The molecule has 1 aliphatic carbocycles. The van der Waals surface area contributed by atoms with E-state index in [1.54, 1.807) is 4.88 Å². The zero-order valence-corrected chi connectivity index (χ0v) is 10.3. The van der Waals surface area contributed by atoms with Gasteiger partial charge in [0.1, 0.15) is 0 Å². The van der Waals surface area contributed by atoms with E-state index in [9.17, 15) is 0 Å². The summed E-state index contributed by atoms with van der Waals surface area (Å²) in [5, 5.41) is 3.35. The lowest BCUT2D eigenvalue weighted by atomic mass is 9.62. The van der Waals surface area contributed by atoms with Crippen molar-refractivity contribution in [3.05, 3.63) is 22.4 Å². The first kappa shape index (κ1) is 9.72. The molecule has 0 nitrogen and oxygen atoms in total. The lowest BCUT2D eigenvalue weighted by molar-refractivity contribution is 0.0965. The minimum absolute atomic E-state index is 0.588. The molecule has 0 spiro atoms. The van der Waals surface area contributed by atoms with Crippen molar-refractivity contribution >= 4 is 27.3 Å². The van der Waals surface area contributed by atoms with Crippen molar-refractivity contribution in [2.24, 2.45) is 11.3 Å². The largest absolute Gasteiger partial charge is 0.149 e. The molecular weight excluding hydrogens is 244 g/mol. The van der Waals surface area contributed by atoms with Crippen LogP contribution >= 0.6 is 27.3 Å². The van der Waals surface area contributed by atoms with E-state index in [1.165, 1.54) is 24.6 Å². The highest BCUT2D eigenvalue weighted by molar-refractivity contribution is 9.09. The fourth-order valence-electron chi connectivity index (χ4n) is 2.50. The Bertz CT molecular complexity index is 260. The van der Waals surface area contributed by atoms with Gasteiger partial charge < -0.3 is 0 Å². The SMILES string of the molecule is CC1CC(CBr)(Cc2cccs2)C1. The average molecular weight is 259 g/mol. The van der Waals surface area contributed by atoms with Crippen molar-refractivity contribution in [2.75, 3.05) is 5.33 Å². The van der Waals surface area contributed by atoms with Gasteiger partial charge in [-0.05, 0) is 42.0 Å². The van der Waals surface area contributed by atoms with Crippen molar-refractivity contribution in [2.45, 2.75) is 26.2 Å². The van der Waals surface area contributed by atoms with Crippen LogP contribution < -0.4 is 0 Å². The molecule has 0 amide bonds. The van der Waals surface area contributed by atoms with Gasteiger partial charge in [-0.15, -0.1) is 11.3 Å². The zero-order valence-electron chi connectivity index (χ0n) is 7.92. The lowest BCUT2D eigenvalue weighted by Gasteiger charge is -2.45. The number of rotatable bonds is 3. The third kappa shape index (κ3) is 1.99. The van der Waals surface area contributed by atoms with Crippen LogP contribution in [0.15, 0.2) is 17.5 Å². The lowest BCUT2D eigenvalue weighted by Crippen LogP contribution is -2.39. The van der Waals surface area contributed by atoms with Crippen LogP contribution in [-0.4, -0.2) is 5.33 Å². The third-order valence-electron chi connectivity index (χ3n) is 2.98. The van der Waals surface area contributed by atoms with Crippen LogP contribution in [0.2, 0.25) is 0 Å². The molecule has 1 aliphatic rings. The van der Waals surface area contributed by atoms with Gasteiger partial charge in [-0.1, -0.05) is 28.9 Å². The van der Waals surface area contributed by atoms with E-state index in [0.717, 1.165) is 5.92 Å². The zero-order chi connectivity index (χ0) is 9.31. The van der Waals surface area contributed by atoms with Gasteiger partial charge in [0.25, 0.3) is 0 Å². The monoisotopic (exact) mass is 258 g/mol. The molecule has 0 aliphatic heterocycles. The van der Waals surface area contributed by atoms with Crippen LogP contribution in [0, 0.1) is 11.3 Å². The molecule has 0 atom stereocenters. The predicted octanol–water partition coefficient (Wildman–Crippen LogP) is 4.10. The topological polar surface area (TPSA) is 0 Å². The number of hydrogen-bond acceptors (Lipinski definition) is 1. The Morgan fingerprint density at radius 1 is 1.62 bits per heavy atom. The molecule has 72 valence electrons. The maximum atomic E-state index is 3.66. The molecule has 2 heteroatoms. The summed E-state index contributed by atoms with van der Waals surface area (Å²) in [6, 6.07) is 4.42. The molecule has 1 saturated carbocycles. The smallest absolute Gasteiger partial charge is 0.00916 e. The Labute approximate surface area is 92.5 Å². The second kappa shape index (κ2) is 3.74. The van der Waals surface area contributed by atoms with Gasteiger partial charge in [0.15, 0.2) is 0 Å². The first-order valence-electron chi connectivity index (χ1n) is 4.82. The predicted molar refractivity (Wildman–Crippen MR) is 62.6 cm³/mol.